The third kappa shape index (κ3) is 2.16. The second-order valence-electron chi connectivity index (χ2n) is 4.55. The molecular formula is C14H15ClN2O. The van der Waals surface area contributed by atoms with Gasteiger partial charge in [-0.25, -0.2) is 4.68 Å². The highest BCUT2D eigenvalue weighted by Crippen LogP contribution is 2.35. The van der Waals surface area contributed by atoms with Gasteiger partial charge in [0, 0.05) is 30.2 Å². The Morgan fingerprint density at radius 2 is 2.17 bits per heavy atom. The fraction of sp³-hybridized carbons (Fsp3) is 0.357. The summed E-state index contributed by atoms with van der Waals surface area (Å²) in [6.45, 7) is 0.790. The maximum Gasteiger partial charge on any atom is 0.0895 e. The summed E-state index contributed by atoms with van der Waals surface area (Å²) >= 11 is 5.97. The van der Waals surface area contributed by atoms with Gasteiger partial charge in [-0.15, -0.1) is 11.6 Å². The Morgan fingerprint density at radius 1 is 1.33 bits per heavy atom. The zero-order chi connectivity index (χ0) is 12.4. The first-order valence-corrected chi connectivity index (χ1v) is 6.69. The third-order valence-electron chi connectivity index (χ3n) is 3.36. The van der Waals surface area contributed by atoms with Crippen LogP contribution in [0.1, 0.15) is 18.1 Å². The quantitative estimate of drug-likeness (QED) is 0.795. The number of alkyl halides is 1. The molecule has 1 aromatic carbocycles. The van der Waals surface area contributed by atoms with Gasteiger partial charge in [0.15, 0.2) is 0 Å². The van der Waals surface area contributed by atoms with Gasteiger partial charge in [-0.1, -0.05) is 18.2 Å². The molecule has 3 nitrogen and oxygen atoms in total. The maximum absolute atomic E-state index is 5.97. The van der Waals surface area contributed by atoms with Crippen LogP contribution in [-0.4, -0.2) is 22.3 Å². The van der Waals surface area contributed by atoms with Gasteiger partial charge in [0.1, 0.15) is 0 Å². The van der Waals surface area contributed by atoms with E-state index in [4.69, 9.17) is 16.3 Å². The maximum atomic E-state index is 5.97. The van der Waals surface area contributed by atoms with Crippen molar-refractivity contribution in [2.24, 2.45) is 5.92 Å². The zero-order valence-corrected chi connectivity index (χ0v) is 10.8. The Hall–Kier alpha value is -1.32. The van der Waals surface area contributed by atoms with E-state index in [1.807, 2.05) is 47.4 Å². The number of aromatic nitrogens is 2. The number of nitrogens with zero attached hydrogens (tertiary/aromatic N) is 2. The minimum absolute atomic E-state index is 0.0972. The van der Waals surface area contributed by atoms with E-state index >= 15 is 0 Å². The van der Waals surface area contributed by atoms with Crippen molar-refractivity contribution in [3.63, 3.8) is 0 Å². The monoisotopic (exact) mass is 262 g/mol. The van der Waals surface area contributed by atoms with Crippen molar-refractivity contribution in [2.45, 2.75) is 12.5 Å². The van der Waals surface area contributed by atoms with E-state index < -0.39 is 0 Å². The minimum atomic E-state index is 0.0972. The first-order chi connectivity index (χ1) is 8.88. The molecule has 0 radical (unpaired) electrons. The van der Waals surface area contributed by atoms with Crippen molar-refractivity contribution in [1.82, 2.24) is 9.78 Å². The van der Waals surface area contributed by atoms with Crippen LogP contribution in [-0.2, 0) is 4.74 Å². The highest BCUT2D eigenvalue weighted by molar-refractivity contribution is 6.18. The van der Waals surface area contributed by atoms with Crippen molar-refractivity contribution in [2.75, 3.05) is 12.5 Å². The minimum Gasteiger partial charge on any atom is -0.373 e. The number of rotatable bonds is 3. The molecule has 2 heterocycles. The fourth-order valence-corrected chi connectivity index (χ4v) is 2.68. The number of hydrogen-bond donors (Lipinski definition) is 0. The molecule has 0 amide bonds. The van der Waals surface area contributed by atoms with Crippen LogP contribution in [0.4, 0.5) is 0 Å². The van der Waals surface area contributed by atoms with Crippen molar-refractivity contribution in [1.29, 1.82) is 0 Å². The molecule has 2 unspecified atom stereocenters. The van der Waals surface area contributed by atoms with Gasteiger partial charge in [0.05, 0.1) is 18.0 Å². The van der Waals surface area contributed by atoms with Crippen molar-refractivity contribution < 1.29 is 4.74 Å². The van der Waals surface area contributed by atoms with Crippen LogP contribution >= 0.6 is 11.6 Å². The molecule has 3 rings (SSSR count). The Labute approximate surface area is 111 Å². The molecule has 0 aliphatic carbocycles. The van der Waals surface area contributed by atoms with Crippen LogP contribution in [0.25, 0.3) is 5.69 Å². The van der Waals surface area contributed by atoms with E-state index in [2.05, 4.69) is 5.10 Å². The molecular weight excluding hydrogens is 248 g/mol. The number of hydrogen-bond acceptors (Lipinski definition) is 2. The van der Waals surface area contributed by atoms with Gasteiger partial charge >= 0.3 is 0 Å². The molecule has 1 saturated heterocycles. The van der Waals surface area contributed by atoms with Gasteiger partial charge in [0.2, 0.25) is 0 Å². The summed E-state index contributed by atoms with van der Waals surface area (Å²) in [6, 6.07) is 10.1. The van der Waals surface area contributed by atoms with Crippen LogP contribution in [0.15, 0.2) is 42.7 Å². The van der Waals surface area contributed by atoms with Gasteiger partial charge in [-0.05, 0) is 18.6 Å². The first-order valence-electron chi connectivity index (χ1n) is 6.16. The van der Waals surface area contributed by atoms with Crippen LogP contribution in [0.5, 0.6) is 0 Å². The predicted molar refractivity (Wildman–Crippen MR) is 71.1 cm³/mol. The summed E-state index contributed by atoms with van der Waals surface area (Å²) in [5.41, 5.74) is 2.17. The molecule has 1 aliphatic heterocycles. The Balaban J connectivity index is 1.86. The lowest BCUT2D eigenvalue weighted by Gasteiger charge is -2.13. The van der Waals surface area contributed by atoms with Crippen molar-refractivity contribution in [3.05, 3.63) is 48.3 Å². The van der Waals surface area contributed by atoms with Gasteiger partial charge in [-0.3, -0.25) is 0 Å². The highest BCUT2D eigenvalue weighted by Gasteiger charge is 2.29. The van der Waals surface area contributed by atoms with E-state index in [9.17, 15) is 0 Å². The Bertz CT molecular complexity index is 512. The predicted octanol–water partition coefficient (Wildman–Crippen LogP) is 3.19. The third-order valence-corrected chi connectivity index (χ3v) is 3.76. The number of benzene rings is 1. The molecule has 0 saturated carbocycles. The second kappa shape index (κ2) is 5.12. The lowest BCUT2D eigenvalue weighted by molar-refractivity contribution is 0.0951. The SMILES string of the molecule is ClCC1CCOC1c1cnn(-c2ccccc2)c1. The lowest BCUT2D eigenvalue weighted by atomic mass is 10.00. The number of para-hydroxylation sites is 1. The van der Waals surface area contributed by atoms with Crippen LogP contribution in [0.3, 0.4) is 0 Å². The normalized spacial score (nSPS) is 23.4. The molecule has 0 N–H and O–H groups in total. The molecule has 2 aromatic rings. The molecule has 1 fully saturated rings. The molecule has 2 atom stereocenters. The van der Waals surface area contributed by atoms with Crippen molar-refractivity contribution >= 4 is 11.6 Å². The van der Waals surface area contributed by atoms with Gasteiger partial charge in [-0.2, -0.15) is 5.10 Å². The largest absolute Gasteiger partial charge is 0.373 e. The fourth-order valence-electron chi connectivity index (χ4n) is 2.37. The van der Waals surface area contributed by atoms with E-state index in [-0.39, 0.29) is 6.10 Å². The van der Waals surface area contributed by atoms with Crippen LogP contribution in [0.2, 0.25) is 0 Å². The Morgan fingerprint density at radius 3 is 2.94 bits per heavy atom. The van der Waals surface area contributed by atoms with Crippen LogP contribution in [0, 0.1) is 5.92 Å². The number of halogens is 1. The summed E-state index contributed by atoms with van der Waals surface area (Å²) in [5.74, 6) is 1.04. The average molecular weight is 263 g/mol. The molecule has 94 valence electrons. The zero-order valence-electron chi connectivity index (χ0n) is 10.00. The number of ether oxygens (including phenoxy) is 1. The average Bonchev–Trinajstić information content (AvgIpc) is 3.08. The molecule has 0 spiro atoms. The summed E-state index contributed by atoms with van der Waals surface area (Å²) in [6.07, 6.45) is 5.04. The molecule has 4 heteroatoms. The molecule has 18 heavy (non-hydrogen) atoms. The standard InChI is InChI=1S/C14H15ClN2O/c15-8-11-6-7-18-14(11)12-9-16-17(10-12)13-4-2-1-3-5-13/h1-5,9-11,14H,6-8H2. The highest BCUT2D eigenvalue weighted by atomic mass is 35.5. The van der Waals surface area contributed by atoms with E-state index in [1.54, 1.807) is 0 Å². The second-order valence-corrected chi connectivity index (χ2v) is 4.86. The summed E-state index contributed by atoms with van der Waals surface area (Å²) in [7, 11) is 0. The smallest absolute Gasteiger partial charge is 0.0895 e. The lowest BCUT2D eigenvalue weighted by Crippen LogP contribution is -2.08. The first kappa shape index (κ1) is 11.8. The van der Waals surface area contributed by atoms with E-state index in [0.717, 1.165) is 24.3 Å². The summed E-state index contributed by atoms with van der Waals surface area (Å²) in [5, 5.41) is 4.39. The summed E-state index contributed by atoms with van der Waals surface area (Å²) in [4.78, 5) is 0. The Kier molecular flexibility index (Phi) is 3.35. The van der Waals surface area contributed by atoms with Gasteiger partial charge < -0.3 is 4.74 Å². The topological polar surface area (TPSA) is 27.1 Å². The molecule has 1 aliphatic rings. The van der Waals surface area contributed by atoms with E-state index in [0.29, 0.717) is 11.8 Å². The van der Waals surface area contributed by atoms with Gasteiger partial charge in [0.25, 0.3) is 0 Å². The molecule has 0 bridgehead atoms. The van der Waals surface area contributed by atoms with Crippen molar-refractivity contribution in [3.8, 4) is 5.69 Å². The van der Waals surface area contributed by atoms with Crippen LogP contribution < -0.4 is 0 Å². The molecule has 1 aromatic heterocycles. The summed E-state index contributed by atoms with van der Waals surface area (Å²) < 4.78 is 7.63. The van der Waals surface area contributed by atoms with E-state index in [1.165, 1.54) is 0 Å².